The van der Waals surface area contributed by atoms with E-state index >= 15 is 0 Å². The maximum Gasteiger partial charge on any atom is 0.416 e. The Morgan fingerprint density at radius 1 is 1.18 bits per heavy atom. The van der Waals surface area contributed by atoms with Crippen LogP contribution in [0.4, 0.5) is 18.9 Å². The molecule has 0 saturated carbocycles. The lowest BCUT2D eigenvalue weighted by Gasteiger charge is -2.38. The van der Waals surface area contributed by atoms with Crippen molar-refractivity contribution in [2.75, 3.05) is 18.9 Å². The van der Waals surface area contributed by atoms with Crippen LogP contribution < -0.4 is 5.32 Å². The van der Waals surface area contributed by atoms with Gasteiger partial charge < -0.3 is 15.3 Å². The number of aliphatic hydroxyl groups is 1. The summed E-state index contributed by atoms with van der Waals surface area (Å²) in [6.45, 7) is 8.32. The maximum atomic E-state index is 13.4. The van der Waals surface area contributed by atoms with Crippen molar-refractivity contribution >= 4 is 35.3 Å². The van der Waals surface area contributed by atoms with E-state index in [1.807, 2.05) is 24.8 Å². The smallest absolute Gasteiger partial charge is 0.378 e. The molecule has 2 aromatic rings. The minimum absolute atomic E-state index is 0.130. The highest BCUT2D eigenvalue weighted by Gasteiger charge is 2.32. The van der Waals surface area contributed by atoms with E-state index in [9.17, 15) is 23.1 Å². The average molecular weight is 587 g/mol. The number of rotatable bonds is 15. The van der Waals surface area contributed by atoms with Crippen molar-refractivity contribution in [1.29, 1.82) is 0 Å². The van der Waals surface area contributed by atoms with E-state index < -0.39 is 24.1 Å². The summed E-state index contributed by atoms with van der Waals surface area (Å²) in [6, 6.07) is 9.84. The van der Waals surface area contributed by atoms with E-state index in [0.717, 1.165) is 24.1 Å². The molecule has 0 aliphatic heterocycles. The highest BCUT2D eigenvalue weighted by molar-refractivity contribution is 6.42. The lowest BCUT2D eigenvalue weighted by molar-refractivity contribution is -0.137. The van der Waals surface area contributed by atoms with E-state index in [0.29, 0.717) is 35.0 Å². The van der Waals surface area contributed by atoms with Gasteiger partial charge in [-0.05, 0) is 69.1 Å². The Kier molecular flexibility index (Phi) is 12.8. The van der Waals surface area contributed by atoms with E-state index in [-0.39, 0.29) is 24.6 Å². The van der Waals surface area contributed by atoms with Gasteiger partial charge in [0.2, 0.25) is 6.41 Å². The zero-order valence-electron chi connectivity index (χ0n) is 22.4. The summed E-state index contributed by atoms with van der Waals surface area (Å²) in [5.74, 6) is -0.310. The largest absolute Gasteiger partial charge is 0.416 e. The van der Waals surface area contributed by atoms with Crippen molar-refractivity contribution in [3.63, 3.8) is 0 Å². The summed E-state index contributed by atoms with van der Waals surface area (Å²) in [6.07, 6.45) is -0.247. The van der Waals surface area contributed by atoms with Crippen LogP contribution in [-0.2, 0) is 17.5 Å². The fraction of sp³-hybridized carbons (Fsp3) is 0.414. The average Bonchev–Trinajstić information content (AvgIpc) is 2.89. The van der Waals surface area contributed by atoms with Gasteiger partial charge in [0, 0.05) is 24.7 Å². The number of nitrogens with zero attached hydrogens (tertiary/aromatic N) is 2. The van der Waals surface area contributed by atoms with Gasteiger partial charge in [-0.15, -0.1) is 0 Å². The highest BCUT2D eigenvalue weighted by atomic mass is 35.5. The van der Waals surface area contributed by atoms with Crippen molar-refractivity contribution in [1.82, 2.24) is 9.80 Å². The Bertz CT molecular complexity index is 1130. The number of hydrogen-bond acceptors (Lipinski definition) is 4. The maximum absolute atomic E-state index is 13.4. The first-order valence-corrected chi connectivity index (χ1v) is 13.4. The van der Waals surface area contributed by atoms with Crippen LogP contribution in [0.3, 0.4) is 0 Å². The van der Waals surface area contributed by atoms with E-state index in [1.165, 1.54) is 17.0 Å². The van der Waals surface area contributed by atoms with Crippen molar-refractivity contribution in [2.24, 2.45) is 5.92 Å². The lowest BCUT2D eigenvalue weighted by Crippen LogP contribution is -2.47. The SMILES string of the molecule is C=C/C=C(\C)CCN(C)C(O)CC(CC)C(Nc1cccc(C(F)(F)F)c1)N(C=O)Cc1ccc(Cl)c(Cl)c1. The summed E-state index contributed by atoms with van der Waals surface area (Å²) < 4.78 is 40.2. The Hall–Kier alpha value is -2.52. The summed E-state index contributed by atoms with van der Waals surface area (Å²) in [4.78, 5) is 15.6. The Balaban J connectivity index is 2.35. The molecule has 0 radical (unpaired) electrons. The van der Waals surface area contributed by atoms with Crippen LogP contribution in [0.25, 0.3) is 0 Å². The van der Waals surface area contributed by atoms with Crippen LogP contribution in [0.5, 0.6) is 0 Å². The molecule has 0 aliphatic rings. The number of benzene rings is 2. The summed E-state index contributed by atoms with van der Waals surface area (Å²) in [5.41, 5.74) is 1.23. The monoisotopic (exact) mass is 585 g/mol. The van der Waals surface area contributed by atoms with Gasteiger partial charge in [0.15, 0.2) is 0 Å². The molecule has 0 saturated heterocycles. The summed E-state index contributed by atoms with van der Waals surface area (Å²) in [5, 5.41) is 14.8. The van der Waals surface area contributed by atoms with Crippen LogP contribution in [0, 0.1) is 5.92 Å². The van der Waals surface area contributed by atoms with Crippen LogP contribution in [0.15, 0.2) is 66.8 Å². The van der Waals surface area contributed by atoms with Gasteiger partial charge in [0.25, 0.3) is 0 Å². The number of halogens is 5. The zero-order valence-corrected chi connectivity index (χ0v) is 23.9. The second-order valence-electron chi connectivity index (χ2n) is 9.56. The molecule has 3 atom stereocenters. The minimum atomic E-state index is -4.52. The second-order valence-corrected chi connectivity index (χ2v) is 10.4. The molecular formula is C29H36Cl2F3N3O2. The standard InChI is InChI=1S/C29H36Cl2F3N3O2/c1-5-8-20(3)13-14-36(4)27(39)16-22(6-2)28(35-24-10-7-9-23(17-24)29(32,33)34)37(19-38)18-21-11-12-25(30)26(31)15-21/h5,7-12,15,17,19,22,27-28,35,39H,1,6,13-14,16,18H2,2-4H3/b20-8+. The van der Waals surface area contributed by atoms with Gasteiger partial charge in [0.05, 0.1) is 15.6 Å². The number of amides is 1. The first kappa shape index (κ1) is 32.7. The van der Waals surface area contributed by atoms with Gasteiger partial charge in [-0.2, -0.15) is 13.2 Å². The Morgan fingerprint density at radius 3 is 2.49 bits per heavy atom. The number of carbonyl (C=O) groups excluding carboxylic acids is 1. The van der Waals surface area contributed by atoms with Gasteiger partial charge >= 0.3 is 6.18 Å². The summed E-state index contributed by atoms with van der Waals surface area (Å²) >= 11 is 12.2. The molecular weight excluding hydrogens is 550 g/mol. The molecule has 39 heavy (non-hydrogen) atoms. The van der Waals surface area contributed by atoms with Crippen molar-refractivity contribution in [3.05, 3.63) is 87.9 Å². The molecule has 0 spiro atoms. The van der Waals surface area contributed by atoms with E-state index in [1.54, 1.807) is 31.3 Å². The van der Waals surface area contributed by atoms with E-state index in [2.05, 4.69) is 11.9 Å². The zero-order chi connectivity index (χ0) is 29.2. The van der Waals surface area contributed by atoms with Crippen molar-refractivity contribution < 1.29 is 23.1 Å². The number of nitrogens with one attached hydrogen (secondary N) is 1. The summed E-state index contributed by atoms with van der Waals surface area (Å²) in [7, 11) is 1.81. The molecule has 214 valence electrons. The topological polar surface area (TPSA) is 55.8 Å². The third-order valence-corrected chi connectivity index (χ3v) is 7.34. The van der Waals surface area contributed by atoms with Crippen LogP contribution >= 0.6 is 23.2 Å². The first-order valence-electron chi connectivity index (χ1n) is 12.6. The molecule has 0 heterocycles. The van der Waals surface area contributed by atoms with Gasteiger partial charge in [-0.3, -0.25) is 9.69 Å². The van der Waals surface area contributed by atoms with Gasteiger partial charge in [-0.25, -0.2) is 0 Å². The number of carbonyl (C=O) groups is 1. The molecule has 1 amide bonds. The molecule has 2 aromatic carbocycles. The minimum Gasteiger partial charge on any atom is -0.378 e. The molecule has 5 nitrogen and oxygen atoms in total. The Morgan fingerprint density at radius 2 is 1.90 bits per heavy atom. The van der Waals surface area contributed by atoms with Gasteiger partial charge in [-0.1, -0.05) is 66.6 Å². The third kappa shape index (κ3) is 10.2. The molecule has 2 N–H and O–H groups in total. The Labute approximate surface area is 238 Å². The van der Waals surface area contributed by atoms with E-state index in [4.69, 9.17) is 23.2 Å². The second kappa shape index (κ2) is 15.3. The number of allylic oxidation sites excluding steroid dienone is 2. The van der Waals surface area contributed by atoms with Crippen LogP contribution in [-0.4, -0.2) is 47.3 Å². The molecule has 0 aliphatic carbocycles. The molecule has 0 aromatic heterocycles. The highest BCUT2D eigenvalue weighted by Crippen LogP contribution is 2.32. The normalized spacial score (nSPS) is 14.6. The fourth-order valence-corrected chi connectivity index (χ4v) is 4.55. The first-order chi connectivity index (χ1) is 18.4. The predicted octanol–water partition coefficient (Wildman–Crippen LogP) is 7.60. The number of alkyl halides is 3. The molecule has 0 bridgehead atoms. The molecule has 0 fully saturated rings. The third-order valence-electron chi connectivity index (χ3n) is 6.60. The number of aliphatic hydroxyl groups excluding tert-OH is 1. The molecule has 10 heteroatoms. The fourth-order valence-electron chi connectivity index (χ4n) is 4.23. The van der Waals surface area contributed by atoms with Crippen LogP contribution in [0.2, 0.25) is 10.0 Å². The number of anilines is 1. The lowest BCUT2D eigenvalue weighted by atomic mass is 9.95. The number of hydrogen-bond donors (Lipinski definition) is 2. The van der Waals surface area contributed by atoms with Crippen molar-refractivity contribution in [2.45, 2.75) is 58.2 Å². The quantitative estimate of drug-likeness (QED) is 0.128. The van der Waals surface area contributed by atoms with Crippen LogP contribution in [0.1, 0.15) is 44.2 Å². The van der Waals surface area contributed by atoms with Gasteiger partial charge in [0.1, 0.15) is 12.4 Å². The predicted molar refractivity (Wildman–Crippen MR) is 153 cm³/mol. The van der Waals surface area contributed by atoms with Crippen molar-refractivity contribution in [3.8, 4) is 0 Å². The molecule has 2 rings (SSSR count). The molecule has 3 unspecified atom stereocenters.